The molecule has 5 heteroatoms. The molecule has 1 heterocycles. The number of carbonyl (C=O) groups excluding carboxylic acids is 2. The Labute approximate surface area is 137 Å². The van der Waals surface area contributed by atoms with E-state index < -0.39 is 6.04 Å². The second-order valence-electron chi connectivity index (χ2n) is 5.26. The zero-order chi connectivity index (χ0) is 15.7. The van der Waals surface area contributed by atoms with E-state index in [1.54, 1.807) is 6.07 Å². The van der Waals surface area contributed by atoms with Crippen LogP contribution in [0.2, 0.25) is 0 Å². The van der Waals surface area contributed by atoms with Crippen LogP contribution in [-0.4, -0.2) is 17.9 Å². The van der Waals surface area contributed by atoms with Crippen LogP contribution in [0.1, 0.15) is 12.0 Å². The third kappa shape index (κ3) is 2.76. The minimum absolute atomic E-state index is 0.170. The predicted octanol–water partition coefficient (Wildman–Crippen LogP) is 3.50. The molecule has 1 saturated heterocycles. The van der Waals surface area contributed by atoms with Gasteiger partial charge in [0.05, 0.1) is 12.1 Å². The number of halogens is 1. The summed E-state index contributed by atoms with van der Waals surface area (Å²) in [5, 5.41) is 3.13. The molecule has 2 amide bonds. The number of amides is 2. The largest absolute Gasteiger partial charge is 0.373 e. The molecule has 2 aromatic rings. The molecule has 0 saturated carbocycles. The molecule has 4 nitrogen and oxygen atoms in total. The van der Waals surface area contributed by atoms with E-state index in [1.165, 1.54) is 4.90 Å². The van der Waals surface area contributed by atoms with Crippen molar-refractivity contribution in [2.24, 2.45) is 0 Å². The maximum atomic E-state index is 12.6. The summed E-state index contributed by atoms with van der Waals surface area (Å²) in [4.78, 5) is 26.1. The molecule has 22 heavy (non-hydrogen) atoms. The summed E-state index contributed by atoms with van der Waals surface area (Å²) in [6.45, 7) is 1.89. The molecular formula is C17H15BrN2O2. The summed E-state index contributed by atoms with van der Waals surface area (Å²) in [5.41, 5.74) is 2.40. The number of hydrogen-bond donors (Lipinski definition) is 1. The maximum Gasteiger partial charge on any atom is 0.256 e. The Morgan fingerprint density at radius 1 is 1.09 bits per heavy atom. The lowest BCUT2D eigenvalue weighted by molar-refractivity contribution is -0.121. The number of carbonyl (C=O) groups is 2. The zero-order valence-electron chi connectivity index (χ0n) is 12.0. The van der Waals surface area contributed by atoms with Gasteiger partial charge in [0, 0.05) is 10.2 Å². The number of aryl methyl sites for hydroxylation is 1. The van der Waals surface area contributed by atoms with Crippen LogP contribution < -0.4 is 10.2 Å². The molecule has 0 spiro atoms. The first kappa shape index (κ1) is 14.8. The van der Waals surface area contributed by atoms with E-state index in [-0.39, 0.29) is 18.2 Å². The van der Waals surface area contributed by atoms with Gasteiger partial charge in [-0.05, 0) is 42.8 Å². The van der Waals surface area contributed by atoms with Gasteiger partial charge < -0.3 is 5.32 Å². The number of hydrogen-bond acceptors (Lipinski definition) is 3. The van der Waals surface area contributed by atoms with Crippen LogP contribution in [0.15, 0.2) is 53.0 Å². The molecule has 2 aromatic carbocycles. The highest BCUT2D eigenvalue weighted by atomic mass is 79.9. The van der Waals surface area contributed by atoms with Crippen molar-refractivity contribution in [2.75, 3.05) is 10.2 Å². The average Bonchev–Trinajstić information content (AvgIpc) is 2.77. The highest BCUT2D eigenvalue weighted by molar-refractivity contribution is 9.10. The van der Waals surface area contributed by atoms with E-state index in [0.29, 0.717) is 5.69 Å². The molecule has 0 aromatic heterocycles. The van der Waals surface area contributed by atoms with Crippen LogP contribution in [0, 0.1) is 6.92 Å². The van der Waals surface area contributed by atoms with E-state index >= 15 is 0 Å². The van der Waals surface area contributed by atoms with Crippen LogP contribution >= 0.6 is 15.9 Å². The third-order valence-electron chi connectivity index (χ3n) is 3.69. The predicted molar refractivity (Wildman–Crippen MR) is 89.8 cm³/mol. The molecule has 3 rings (SSSR count). The number of rotatable bonds is 3. The van der Waals surface area contributed by atoms with Crippen molar-refractivity contribution < 1.29 is 9.59 Å². The van der Waals surface area contributed by atoms with Gasteiger partial charge in [0.2, 0.25) is 5.91 Å². The molecule has 1 N–H and O–H groups in total. The van der Waals surface area contributed by atoms with E-state index in [0.717, 1.165) is 15.7 Å². The van der Waals surface area contributed by atoms with E-state index in [1.807, 2.05) is 49.4 Å². The SMILES string of the molecule is Cc1ccccc1N1C(=O)CC(Nc2ccc(Br)cc2)C1=O. The molecule has 1 aliphatic rings. The van der Waals surface area contributed by atoms with Gasteiger partial charge in [0.15, 0.2) is 0 Å². The number of anilines is 2. The highest BCUT2D eigenvalue weighted by Gasteiger charge is 2.39. The summed E-state index contributed by atoms with van der Waals surface area (Å²) in [7, 11) is 0. The van der Waals surface area contributed by atoms with Gasteiger partial charge in [0.25, 0.3) is 5.91 Å². The molecule has 1 unspecified atom stereocenters. The number of nitrogens with one attached hydrogen (secondary N) is 1. The molecule has 1 aliphatic heterocycles. The van der Waals surface area contributed by atoms with E-state index in [9.17, 15) is 9.59 Å². The summed E-state index contributed by atoms with van der Waals surface area (Å²) in [6.07, 6.45) is 0.170. The molecule has 1 fully saturated rings. The fraction of sp³-hybridized carbons (Fsp3) is 0.176. The average molecular weight is 359 g/mol. The van der Waals surface area contributed by atoms with Gasteiger partial charge in [-0.15, -0.1) is 0 Å². The fourth-order valence-electron chi connectivity index (χ4n) is 2.56. The molecule has 0 bridgehead atoms. The number of para-hydroxylation sites is 1. The fourth-order valence-corrected chi connectivity index (χ4v) is 2.82. The maximum absolute atomic E-state index is 12.6. The molecular weight excluding hydrogens is 344 g/mol. The molecule has 1 atom stereocenters. The van der Waals surface area contributed by atoms with Crippen LogP contribution in [0.4, 0.5) is 11.4 Å². The Balaban J connectivity index is 1.82. The Morgan fingerprint density at radius 3 is 2.45 bits per heavy atom. The first-order valence-electron chi connectivity index (χ1n) is 7.01. The van der Waals surface area contributed by atoms with Crippen molar-refractivity contribution in [3.63, 3.8) is 0 Å². The van der Waals surface area contributed by atoms with E-state index in [2.05, 4.69) is 21.2 Å². The number of nitrogens with zero attached hydrogens (tertiary/aromatic N) is 1. The van der Waals surface area contributed by atoms with Gasteiger partial charge >= 0.3 is 0 Å². The van der Waals surface area contributed by atoms with Crippen LogP contribution in [0.5, 0.6) is 0 Å². The van der Waals surface area contributed by atoms with Crippen molar-refractivity contribution in [2.45, 2.75) is 19.4 Å². The lowest BCUT2D eigenvalue weighted by atomic mass is 10.2. The Morgan fingerprint density at radius 2 is 1.77 bits per heavy atom. The van der Waals surface area contributed by atoms with Gasteiger partial charge in [0.1, 0.15) is 6.04 Å². The standard InChI is InChI=1S/C17H15BrN2O2/c1-11-4-2-3-5-15(11)20-16(21)10-14(17(20)22)19-13-8-6-12(18)7-9-13/h2-9,14,19H,10H2,1H3. The van der Waals surface area contributed by atoms with Crippen LogP contribution in [-0.2, 0) is 9.59 Å². The van der Waals surface area contributed by atoms with Crippen molar-refractivity contribution in [1.82, 2.24) is 0 Å². The lowest BCUT2D eigenvalue weighted by Gasteiger charge is -2.18. The highest BCUT2D eigenvalue weighted by Crippen LogP contribution is 2.27. The van der Waals surface area contributed by atoms with Crippen molar-refractivity contribution in [3.8, 4) is 0 Å². The van der Waals surface area contributed by atoms with Gasteiger partial charge in [-0.2, -0.15) is 0 Å². The van der Waals surface area contributed by atoms with Crippen LogP contribution in [0.25, 0.3) is 0 Å². The van der Waals surface area contributed by atoms with Gasteiger partial charge in [-0.3, -0.25) is 9.59 Å². The minimum atomic E-state index is -0.520. The monoisotopic (exact) mass is 358 g/mol. The summed E-state index contributed by atoms with van der Waals surface area (Å²) >= 11 is 3.37. The second kappa shape index (κ2) is 5.93. The Kier molecular flexibility index (Phi) is 3.98. The first-order valence-corrected chi connectivity index (χ1v) is 7.80. The van der Waals surface area contributed by atoms with Gasteiger partial charge in [-0.1, -0.05) is 34.1 Å². The zero-order valence-corrected chi connectivity index (χ0v) is 13.6. The molecule has 0 radical (unpaired) electrons. The van der Waals surface area contributed by atoms with Crippen molar-refractivity contribution in [1.29, 1.82) is 0 Å². The van der Waals surface area contributed by atoms with Crippen molar-refractivity contribution in [3.05, 3.63) is 58.6 Å². The summed E-state index contributed by atoms with van der Waals surface area (Å²) in [5.74, 6) is -0.379. The summed E-state index contributed by atoms with van der Waals surface area (Å²) in [6, 6.07) is 14.4. The topological polar surface area (TPSA) is 49.4 Å². The van der Waals surface area contributed by atoms with Crippen LogP contribution in [0.3, 0.4) is 0 Å². The van der Waals surface area contributed by atoms with E-state index in [4.69, 9.17) is 0 Å². The Hall–Kier alpha value is -2.14. The second-order valence-corrected chi connectivity index (χ2v) is 6.18. The first-order chi connectivity index (χ1) is 10.6. The quantitative estimate of drug-likeness (QED) is 0.854. The molecule has 0 aliphatic carbocycles. The number of benzene rings is 2. The smallest absolute Gasteiger partial charge is 0.256 e. The third-order valence-corrected chi connectivity index (χ3v) is 4.22. The summed E-state index contributed by atoms with van der Waals surface area (Å²) < 4.78 is 0.966. The van der Waals surface area contributed by atoms with Crippen molar-refractivity contribution >= 4 is 39.1 Å². The normalized spacial score (nSPS) is 17.9. The minimum Gasteiger partial charge on any atom is -0.373 e. The molecule has 112 valence electrons. The Bertz CT molecular complexity index is 728. The van der Waals surface area contributed by atoms with Gasteiger partial charge in [-0.25, -0.2) is 4.90 Å². The lowest BCUT2D eigenvalue weighted by Crippen LogP contribution is -2.35. The number of imide groups is 1.